The summed E-state index contributed by atoms with van der Waals surface area (Å²) in [5.74, 6) is 0.658. The predicted octanol–water partition coefficient (Wildman–Crippen LogP) is 2.48. The van der Waals surface area contributed by atoms with E-state index in [2.05, 4.69) is 25.3 Å². The molecule has 1 amide bonds. The van der Waals surface area contributed by atoms with E-state index in [0.29, 0.717) is 46.2 Å². The van der Waals surface area contributed by atoms with Crippen molar-refractivity contribution in [1.29, 1.82) is 0 Å². The topological polar surface area (TPSA) is 132 Å². The van der Waals surface area contributed by atoms with Crippen LogP contribution in [0.2, 0.25) is 0 Å². The quantitative estimate of drug-likeness (QED) is 0.352. The summed E-state index contributed by atoms with van der Waals surface area (Å²) < 4.78 is 14.9. The molecular formula is C26H26N8O4S. The minimum Gasteiger partial charge on any atom is -0.477 e. The molecule has 0 saturated carbocycles. The summed E-state index contributed by atoms with van der Waals surface area (Å²) >= 11 is 1.47. The molecule has 8 rings (SSSR count). The number of rotatable bonds is 4. The molecular weight excluding hydrogens is 520 g/mol. The maximum Gasteiger partial charge on any atom is 0.261 e. The smallest absolute Gasteiger partial charge is 0.261 e. The number of aromatic amines is 1. The third-order valence-corrected chi connectivity index (χ3v) is 9.16. The molecule has 0 atom stereocenters. The van der Waals surface area contributed by atoms with E-state index in [-0.39, 0.29) is 11.5 Å². The molecule has 2 saturated heterocycles. The number of H-pyrrole nitrogens is 1. The average Bonchev–Trinajstić information content (AvgIpc) is 3.61. The lowest BCUT2D eigenvalue weighted by molar-refractivity contribution is -0.124. The standard InChI is InChI=1S/C26H26N8O4S/c35-19(12-32-13-26(14-32)2-6-37-7-3-26)29-15-8-17-21(27-9-15)22-20(23(36)30-17)25-34(31-22)11-18(39-25)16-10-28-33-4-1-5-38-24(16)33/h8-11H,1-7,12-14H2,(H,29,35)(H,30,36). The SMILES string of the molecule is O=C(CN1CC2(CCOCC2)C1)Nc1cnc2c(c1)[nH]c(=O)c1c2nn2cc(-c3cnn4c3OCCC4)sc12. The number of carbonyl (C=O) groups is 1. The first-order chi connectivity index (χ1) is 19.1. The van der Waals surface area contributed by atoms with Crippen LogP contribution in [0.4, 0.5) is 5.69 Å². The van der Waals surface area contributed by atoms with E-state index in [1.165, 1.54) is 11.3 Å². The molecule has 39 heavy (non-hydrogen) atoms. The molecule has 5 aromatic rings. The van der Waals surface area contributed by atoms with Gasteiger partial charge in [0.25, 0.3) is 5.56 Å². The normalized spacial score (nSPS) is 18.9. The van der Waals surface area contributed by atoms with Gasteiger partial charge < -0.3 is 19.8 Å². The number of fused-ring (bicyclic) bond motifs is 6. The number of anilines is 1. The van der Waals surface area contributed by atoms with E-state index in [1.807, 2.05) is 10.9 Å². The number of nitrogens with one attached hydrogen (secondary N) is 2. The summed E-state index contributed by atoms with van der Waals surface area (Å²) in [5.41, 5.74) is 3.14. The summed E-state index contributed by atoms with van der Waals surface area (Å²) in [6.07, 6.45) is 8.38. The second kappa shape index (κ2) is 8.60. The maximum absolute atomic E-state index is 13.2. The van der Waals surface area contributed by atoms with E-state index in [4.69, 9.17) is 14.6 Å². The van der Waals surface area contributed by atoms with Gasteiger partial charge in [0, 0.05) is 50.9 Å². The van der Waals surface area contributed by atoms with Crippen LogP contribution in [-0.4, -0.2) is 79.6 Å². The summed E-state index contributed by atoms with van der Waals surface area (Å²) in [6.45, 7) is 5.31. The van der Waals surface area contributed by atoms with E-state index in [0.717, 1.165) is 73.3 Å². The molecule has 2 N–H and O–H groups in total. The molecule has 0 unspecified atom stereocenters. The van der Waals surface area contributed by atoms with Gasteiger partial charge in [-0.05, 0) is 18.9 Å². The summed E-state index contributed by atoms with van der Waals surface area (Å²) in [4.78, 5) is 37.2. The van der Waals surface area contributed by atoms with Gasteiger partial charge in [0.05, 0.1) is 47.2 Å². The van der Waals surface area contributed by atoms with Crippen molar-refractivity contribution in [2.45, 2.75) is 25.8 Å². The Morgan fingerprint density at radius 1 is 1.18 bits per heavy atom. The first-order valence-corrected chi connectivity index (χ1v) is 14.0. The van der Waals surface area contributed by atoms with Crippen LogP contribution < -0.4 is 15.6 Å². The van der Waals surface area contributed by atoms with Crippen molar-refractivity contribution in [1.82, 2.24) is 34.3 Å². The molecule has 3 aliphatic heterocycles. The second-order valence-corrected chi connectivity index (χ2v) is 11.8. The van der Waals surface area contributed by atoms with Crippen LogP contribution in [0.1, 0.15) is 19.3 Å². The zero-order valence-electron chi connectivity index (χ0n) is 21.1. The number of carbonyl (C=O) groups excluding carboxylic acids is 1. The van der Waals surface area contributed by atoms with Gasteiger partial charge >= 0.3 is 0 Å². The Morgan fingerprint density at radius 3 is 2.92 bits per heavy atom. The number of likely N-dealkylation sites (tertiary alicyclic amines) is 1. The molecule has 0 bridgehead atoms. The van der Waals surface area contributed by atoms with Crippen LogP contribution in [-0.2, 0) is 16.1 Å². The van der Waals surface area contributed by atoms with Gasteiger partial charge in [0.2, 0.25) is 11.8 Å². The summed E-state index contributed by atoms with van der Waals surface area (Å²) in [5, 5.41) is 12.6. The Balaban J connectivity index is 1.05. The van der Waals surface area contributed by atoms with Crippen LogP contribution in [0.5, 0.6) is 5.88 Å². The zero-order chi connectivity index (χ0) is 26.1. The molecule has 1 spiro atoms. The van der Waals surface area contributed by atoms with Gasteiger partial charge in [0.15, 0.2) is 0 Å². The number of amides is 1. The highest BCUT2D eigenvalue weighted by molar-refractivity contribution is 7.21. The number of nitrogens with zero attached hydrogens (tertiary/aromatic N) is 6. The van der Waals surface area contributed by atoms with Gasteiger partial charge in [-0.15, -0.1) is 11.3 Å². The number of pyridine rings is 2. The van der Waals surface area contributed by atoms with Crippen molar-refractivity contribution in [3.8, 4) is 16.3 Å². The second-order valence-electron chi connectivity index (χ2n) is 10.7. The van der Waals surface area contributed by atoms with E-state index in [1.54, 1.807) is 23.0 Å². The molecule has 12 nitrogen and oxygen atoms in total. The van der Waals surface area contributed by atoms with Crippen LogP contribution in [0.15, 0.2) is 29.5 Å². The van der Waals surface area contributed by atoms with Gasteiger partial charge in [-0.2, -0.15) is 10.2 Å². The Morgan fingerprint density at radius 2 is 2.05 bits per heavy atom. The Kier molecular flexibility index (Phi) is 5.09. The van der Waals surface area contributed by atoms with Crippen LogP contribution in [0, 0.1) is 5.41 Å². The van der Waals surface area contributed by atoms with Gasteiger partial charge in [-0.1, -0.05) is 0 Å². The van der Waals surface area contributed by atoms with Crippen molar-refractivity contribution in [2.75, 3.05) is 44.8 Å². The highest BCUT2D eigenvalue weighted by atomic mass is 32.1. The minimum atomic E-state index is -0.248. The Hall–Kier alpha value is -3.81. The van der Waals surface area contributed by atoms with Gasteiger partial charge in [0.1, 0.15) is 21.3 Å². The highest BCUT2D eigenvalue weighted by Crippen LogP contribution is 2.40. The maximum atomic E-state index is 13.2. The first-order valence-electron chi connectivity index (χ1n) is 13.2. The molecule has 13 heteroatoms. The highest BCUT2D eigenvalue weighted by Gasteiger charge is 2.44. The van der Waals surface area contributed by atoms with E-state index in [9.17, 15) is 9.59 Å². The number of ether oxygens (including phenoxy) is 2. The third kappa shape index (κ3) is 3.75. The lowest BCUT2D eigenvalue weighted by Gasteiger charge is -2.52. The third-order valence-electron chi connectivity index (χ3n) is 8.03. The van der Waals surface area contributed by atoms with Crippen LogP contribution >= 0.6 is 11.3 Å². The molecule has 5 aromatic heterocycles. The van der Waals surface area contributed by atoms with Gasteiger partial charge in [-0.3, -0.25) is 19.5 Å². The molecule has 0 aromatic carbocycles. The summed E-state index contributed by atoms with van der Waals surface area (Å²) in [7, 11) is 0. The molecule has 200 valence electrons. The fourth-order valence-electron chi connectivity index (χ4n) is 6.12. The van der Waals surface area contributed by atoms with Gasteiger partial charge in [-0.25, -0.2) is 9.20 Å². The lowest BCUT2D eigenvalue weighted by atomic mass is 9.73. The molecule has 0 aliphatic carbocycles. The largest absolute Gasteiger partial charge is 0.477 e. The fraction of sp³-hybridized carbons (Fsp3) is 0.423. The number of thiazole rings is 1. The minimum absolute atomic E-state index is 0.0946. The van der Waals surface area contributed by atoms with Crippen molar-refractivity contribution >= 4 is 49.7 Å². The monoisotopic (exact) mass is 546 g/mol. The van der Waals surface area contributed by atoms with Crippen molar-refractivity contribution < 1.29 is 14.3 Å². The predicted molar refractivity (Wildman–Crippen MR) is 145 cm³/mol. The first kappa shape index (κ1) is 23.1. The Labute approximate surface area is 225 Å². The van der Waals surface area contributed by atoms with Crippen LogP contribution in [0.3, 0.4) is 0 Å². The average molecular weight is 547 g/mol. The Bertz CT molecular complexity index is 1820. The molecule has 3 aliphatic rings. The molecule has 8 heterocycles. The number of hydrogen-bond acceptors (Lipinski definition) is 9. The summed E-state index contributed by atoms with van der Waals surface area (Å²) in [6, 6.07) is 1.74. The van der Waals surface area contributed by atoms with Crippen molar-refractivity contribution in [3.05, 3.63) is 35.0 Å². The van der Waals surface area contributed by atoms with Crippen LogP contribution in [0.25, 0.3) is 37.2 Å². The fourth-order valence-corrected chi connectivity index (χ4v) is 7.21. The lowest BCUT2D eigenvalue weighted by Crippen LogP contribution is -2.59. The van der Waals surface area contributed by atoms with Crippen molar-refractivity contribution in [2.24, 2.45) is 5.41 Å². The number of aryl methyl sites for hydroxylation is 1. The zero-order valence-corrected chi connectivity index (χ0v) is 21.9. The molecule has 2 fully saturated rings. The van der Waals surface area contributed by atoms with E-state index >= 15 is 0 Å². The van der Waals surface area contributed by atoms with Crippen molar-refractivity contribution in [3.63, 3.8) is 0 Å². The number of aromatic nitrogens is 6. The molecule has 0 radical (unpaired) electrons. The number of hydrogen-bond donors (Lipinski definition) is 2. The van der Waals surface area contributed by atoms with E-state index < -0.39 is 0 Å².